The summed E-state index contributed by atoms with van der Waals surface area (Å²) in [6.07, 6.45) is -2.42. The van der Waals surface area contributed by atoms with Crippen molar-refractivity contribution < 1.29 is 17.9 Å². The number of hydrogen-bond donors (Lipinski definition) is 2. The minimum absolute atomic E-state index is 0. The first kappa shape index (κ1) is 24.1. The van der Waals surface area contributed by atoms with Crippen molar-refractivity contribution in [3.63, 3.8) is 0 Å². The largest absolute Gasteiger partial charge is 0.496 e. The summed E-state index contributed by atoms with van der Waals surface area (Å²) in [5.41, 5.74) is 1.33. The van der Waals surface area contributed by atoms with Gasteiger partial charge in [0.15, 0.2) is 11.7 Å². The lowest BCUT2D eigenvalue weighted by molar-refractivity contribution is -0.142. The van der Waals surface area contributed by atoms with Gasteiger partial charge in [0.2, 0.25) is 0 Å². The molecule has 0 spiro atoms. The number of nitrogens with one attached hydrogen (secondary N) is 2. The highest BCUT2D eigenvalue weighted by atomic mass is 127. The van der Waals surface area contributed by atoms with Crippen molar-refractivity contribution in [2.24, 2.45) is 12.0 Å². The molecule has 0 atom stereocenters. The summed E-state index contributed by atoms with van der Waals surface area (Å²) < 4.78 is 45.4. The van der Waals surface area contributed by atoms with E-state index < -0.39 is 11.9 Å². The van der Waals surface area contributed by atoms with Crippen LogP contribution >= 0.6 is 24.0 Å². The lowest BCUT2D eigenvalue weighted by atomic mass is 10.1. The number of alkyl halides is 3. The Morgan fingerprint density at radius 1 is 1.29 bits per heavy atom. The maximum atomic E-state index is 13.0. The lowest BCUT2D eigenvalue weighted by Crippen LogP contribution is -2.38. The minimum Gasteiger partial charge on any atom is -0.496 e. The molecule has 0 aliphatic heterocycles. The topological polar surface area (TPSA) is 63.5 Å². The van der Waals surface area contributed by atoms with Gasteiger partial charge in [-0.1, -0.05) is 12.1 Å². The Bertz CT molecular complexity index is 805. The average Bonchev–Trinajstić information content (AvgIpc) is 3.00. The molecule has 28 heavy (non-hydrogen) atoms. The zero-order valence-electron chi connectivity index (χ0n) is 16.2. The van der Waals surface area contributed by atoms with E-state index >= 15 is 0 Å². The maximum absolute atomic E-state index is 13.0. The molecule has 2 rings (SSSR count). The van der Waals surface area contributed by atoms with E-state index in [-0.39, 0.29) is 36.1 Å². The molecule has 0 fully saturated rings. The molecule has 0 saturated carbocycles. The average molecular weight is 511 g/mol. The van der Waals surface area contributed by atoms with E-state index in [1.54, 1.807) is 14.2 Å². The molecule has 1 aromatic carbocycles. The number of methoxy groups -OCH3 is 1. The number of aliphatic imine (C=N–C) groups is 1. The number of ether oxygens (including phenoxy) is 1. The minimum atomic E-state index is -4.49. The molecule has 2 aromatic rings. The van der Waals surface area contributed by atoms with E-state index in [1.165, 1.54) is 13.2 Å². The molecule has 0 bridgehead atoms. The SMILES string of the molecule is CN=C(NCCc1ccc(C)c(OC)c1)NCc1cn(C)nc1C(F)(F)F.I. The van der Waals surface area contributed by atoms with Gasteiger partial charge in [0, 0.05) is 38.9 Å². The number of halogens is 4. The highest BCUT2D eigenvalue weighted by Crippen LogP contribution is 2.30. The van der Waals surface area contributed by atoms with Crippen molar-refractivity contribution in [3.8, 4) is 5.75 Å². The third-order valence-electron chi connectivity index (χ3n) is 4.02. The Morgan fingerprint density at radius 2 is 2.00 bits per heavy atom. The van der Waals surface area contributed by atoms with Crippen molar-refractivity contribution in [1.82, 2.24) is 20.4 Å². The molecule has 156 valence electrons. The van der Waals surface area contributed by atoms with Crippen LogP contribution in [0.1, 0.15) is 22.4 Å². The molecule has 1 aromatic heterocycles. The molecule has 2 N–H and O–H groups in total. The lowest BCUT2D eigenvalue weighted by Gasteiger charge is -2.13. The predicted molar refractivity (Wildman–Crippen MR) is 113 cm³/mol. The second-order valence-electron chi connectivity index (χ2n) is 6.08. The standard InChI is InChI=1S/C18H24F3N5O.HI/c1-12-5-6-13(9-15(12)27-4)7-8-23-17(22-2)24-10-14-11-26(3)25-16(14)18(19,20)21;/h5-6,9,11H,7-8,10H2,1-4H3,(H2,22,23,24);1H. The van der Waals surface area contributed by atoms with Crippen molar-refractivity contribution in [1.29, 1.82) is 0 Å². The van der Waals surface area contributed by atoms with Crippen LogP contribution < -0.4 is 15.4 Å². The van der Waals surface area contributed by atoms with E-state index in [0.29, 0.717) is 12.5 Å². The molecule has 0 aliphatic rings. The smallest absolute Gasteiger partial charge is 0.435 e. The van der Waals surface area contributed by atoms with Gasteiger partial charge < -0.3 is 15.4 Å². The van der Waals surface area contributed by atoms with Crippen molar-refractivity contribution in [2.75, 3.05) is 20.7 Å². The van der Waals surface area contributed by atoms with Gasteiger partial charge >= 0.3 is 6.18 Å². The summed E-state index contributed by atoms with van der Waals surface area (Å²) in [5, 5.41) is 9.48. The van der Waals surface area contributed by atoms with Crippen molar-refractivity contribution >= 4 is 29.9 Å². The van der Waals surface area contributed by atoms with Crippen LogP contribution in [0.15, 0.2) is 29.4 Å². The van der Waals surface area contributed by atoms with E-state index in [4.69, 9.17) is 4.74 Å². The van der Waals surface area contributed by atoms with E-state index in [0.717, 1.165) is 28.0 Å². The first-order valence-corrected chi connectivity index (χ1v) is 8.42. The van der Waals surface area contributed by atoms with Crippen molar-refractivity contribution in [3.05, 3.63) is 46.8 Å². The Morgan fingerprint density at radius 3 is 2.61 bits per heavy atom. The summed E-state index contributed by atoms with van der Waals surface area (Å²) in [4.78, 5) is 4.04. The van der Waals surface area contributed by atoms with Gasteiger partial charge in [-0.2, -0.15) is 18.3 Å². The van der Waals surface area contributed by atoms with Gasteiger partial charge in [-0.05, 0) is 30.5 Å². The number of rotatable bonds is 6. The third-order valence-corrected chi connectivity index (χ3v) is 4.02. The molecule has 0 amide bonds. The molecule has 1 heterocycles. The first-order valence-electron chi connectivity index (χ1n) is 8.42. The molecule has 0 saturated heterocycles. The number of aryl methyl sites for hydroxylation is 2. The number of aromatic nitrogens is 2. The summed E-state index contributed by atoms with van der Waals surface area (Å²) in [7, 11) is 4.66. The maximum Gasteiger partial charge on any atom is 0.435 e. The Kier molecular flexibility index (Phi) is 9.05. The van der Waals surface area contributed by atoms with Gasteiger partial charge in [0.05, 0.1) is 7.11 Å². The zero-order chi connectivity index (χ0) is 20.0. The second kappa shape index (κ2) is 10.5. The number of hydrogen-bond acceptors (Lipinski definition) is 3. The fraction of sp³-hybridized carbons (Fsp3) is 0.444. The van der Waals surface area contributed by atoms with Gasteiger partial charge in [-0.3, -0.25) is 9.67 Å². The van der Waals surface area contributed by atoms with Crippen LogP contribution in [0.3, 0.4) is 0 Å². The highest BCUT2D eigenvalue weighted by Gasteiger charge is 2.36. The van der Waals surface area contributed by atoms with Crippen LogP contribution in [-0.2, 0) is 26.2 Å². The number of benzene rings is 1. The number of nitrogens with zero attached hydrogens (tertiary/aromatic N) is 3. The zero-order valence-corrected chi connectivity index (χ0v) is 18.6. The highest BCUT2D eigenvalue weighted by molar-refractivity contribution is 14.0. The fourth-order valence-electron chi connectivity index (χ4n) is 2.65. The van der Waals surface area contributed by atoms with E-state index in [1.807, 2.05) is 25.1 Å². The molecule has 10 heteroatoms. The molecule has 0 unspecified atom stereocenters. The van der Waals surface area contributed by atoms with Crippen LogP contribution in [0.5, 0.6) is 5.75 Å². The van der Waals surface area contributed by atoms with Crippen LogP contribution in [0.4, 0.5) is 13.2 Å². The van der Waals surface area contributed by atoms with Crippen molar-refractivity contribution in [2.45, 2.75) is 26.1 Å². The third kappa shape index (κ3) is 6.57. The van der Waals surface area contributed by atoms with Crippen LogP contribution in [0.25, 0.3) is 0 Å². The Balaban J connectivity index is 0.00000392. The Labute approximate surface area is 179 Å². The molecule has 6 nitrogen and oxygen atoms in total. The fourth-order valence-corrected chi connectivity index (χ4v) is 2.65. The summed E-state index contributed by atoms with van der Waals surface area (Å²) in [6, 6.07) is 5.97. The summed E-state index contributed by atoms with van der Waals surface area (Å²) in [5.74, 6) is 1.25. The van der Waals surface area contributed by atoms with Crippen LogP contribution in [0.2, 0.25) is 0 Å². The monoisotopic (exact) mass is 511 g/mol. The Hall–Kier alpha value is -1.98. The predicted octanol–water partition coefficient (Wildman–Crippen LogP) is 3.28. The van der Waals surface area contributed by atoms with Crippen LogP contribution in [-0.4, -0.2) is 36.4 Å². The summed E-state index contributed by atoms with van der Waals surface area (Å²) in [6.45, 7) is 2.52. The number of guanidine groups is 1. The van der Waals surface area contributed by atoms with Crippen LogP contribution in [0, 0.1) is 6.92 Å². The van der Waals surface area contributed by atoms with E-state index in [9.17, 15) is 13.2 Å². The molecule has 0 aliphatic carbocycles. The van der Waals surface area contributed by atoms with Gasteiger partial charge in [-0.25, -0.2) is 0 Å². The normalized spacial score (nSPS) is 11.8. The second-order valence-corrected chi connectivity index (χ2v) is 6.08. The molecular weight excluding hydrogens is 486 g/mol. The summed E-state index contributed by atoms with van der Waals surface area (Å²) >= 11 is 0. The first-order chi connectivity index (χ1) is 12.7. The van der Waals surface area contributed by atoms with E-state index in [2.05, 4.69) is 20.7 Å². The quantitative estimate of drug-likeness (QED) is 0.355. The van der Waals surface area contributed by atoms with Gasteiger partial charge in [0.25, 0.3) is 0 Å². The van der Waals surface area contributed by atoms with Gasteiger partial charge in [0.1, 0.15) is 5.75 Å². The molecular formula is C18H25F3IN5O. The molecule has 0 radical (unpaired) electrons. The van der Waals surface area contributed by atoms with Gasteiger partial charge in [-0.15, -0.1) is 24.0 Å².